The summed E-state index contributed by atoms with van der Waals surface area (Å²) in [6, 6.07) is 40.2. The number of sulfone groups is 3. The lowest BCUT2D eigenvalue weighted by molar-refractivity contribution is 0.0922. The number of hydrogen-bond donors (Lipinski definition) is 11. The summed E-state index contributed by atoms with van der Waals surface area (Å²) < 4.78 is 74.4. The summed E-state index contributed by atoms with van der Waals surface area (Å²) in [4.78, 5) is 76.1. The van der Waals surface area contributed by atoms with Gasteiger partial charge < -0.3 is 57.7 Å². The number of fused-ring (bicyclic) bond motifs is 3. The first kappa shape index (κ1) is 76.6. The van der Waals surface area contributed by atoms with Crippen molar-refractivity contribution in [3.63, 3.8) is 0 Å². The van der Waals surface area contributed by atoms with Crippen molar-refractivity contribution in [2.75, 3.05) is 31.3 Å². The smallest absolute Gasteiger partial charge is 0.255 e. The van der Waals surface area contributed by atoms with Crippen LogP contribution in [0.1, 0.15) is 144 Å². The average molecular weight is 1500 g/mol. The Kier molecular flexibility index (Phi) is 24.2. The first-order valence-electron chi connectivity index (χ1n) is 33.7. The lowest BCUT2D eigenvalue weighted by Gasteiger charge is -2.18. The largest absolute Gasteiger partial charge is 0.399 e. The molecule has 6 heterocycles. The summed E-state index contributed by atoms with van der Waals surface area (Å²) in [6.07, 6.45) is 10.4. The Labute approximate surface area is 619 Å². The number of nitrogens with two attached hydrogens (primary N) is 2. The normalized spacial score (nSPS) is 12.7. The Morgan fingerprint density at radius 3 is 1.02 bits per heavy atom. The Balaban J connectivity index is 0.000000555. The number of amides is 3. The highest BCUT2D eigenvalue weighted by molar-refractivity contribution is 7.92. The fourth-order valence-corrected chi connectivity index (χ4v) is 14.4. The molecule has 105 heavy (non-hydrogen) atoms. The molecule has 0 aliphatic heterocycles. The molecule has 6 aromatic heterocycles. The van der Waals surface area contributed by atoms with E-state index in [4.69, 9.17) is 11.5 Å². The number of aliphatic hydroxyl groups excluding tert-OH is 3. The van der Waals surface area contributed by atoms with Gasteiger partial charge in [0.1, 0.15) is 16.6 Å². The Morgan fingerprint density at radius 1 is 0.419 bits per heavy atom. The van der Waals surface area contributed by atoms with Gasteiger partial charge >= 0.3 is 0 Å². The van der Waals surface area contributed by atoms with Crippen molar-refractivity contribution >= 4 is 92.1 Å². The SMILES string of the molecule is CC(C)S(=O)(=O)c1ccc(-c2cnc3[nH]cc(C(=O)NC(CCO)c4ccc(N)cc4)c3n2)cc1.CC(C)S(=O)(=O)c1ccc(-c2cnc3[nH]cc(C(=O)NC(CCO)c4cccc(N)c4)c3n2)cc1.Cc1ccc(C(CCO)NC(=O)c2c[nH]c3ncc(-c4ccc(S(=O)(=O)C(C)C)cc4)nc23)cc1.[HH].[HH].[HH].[HH].[HH].[HH].[HH].[HH]. The summed E-state index contributed by atoms with van der Waals surface area (Å²) in [5.41, 5.74) is 23.5. The standard InChI is InChI=1S/C26H28N4O4S.2C25H27N5O4S.8H2/c1-16(2)35(33,34)20-10-8-19(9-11-20)23-15-28-25-24(29-23)21(14-27-25)26(32)30-22(12-13-31)18-6-4-17(3)5-7-18;1-15(2)35(33,34)19-9-5-17(6-10-19)22-14-28-24-23(29-22)20(13-27-24)25(32)30-21(11-12-31)16-3-7-18(26)8-4-16;1-15(2)35(33,34)19-8-6-16(7-9-19)22-14-28-24-23(29-22)20(13-27-24)25(32)30-21(10-11-31)17-4-3-5-18(26)12-17;;;;;;;;/h4-11,14-16,22,31H,12-13H2,1-3H3,(H,27,28)(H,30,32);3-10,13-15,21,31H,11-12,26H2,1-2H3,(H,27,28)(H,30,32);3-9,12-15,21,31H,10-11,26H2,1-2H3,(H,27,28)(H,30,32);8*1H. The molecule has 0 spiro atoms. The number of aromatic nitrogens is 9. The number of aliphatic hydroxyl groups is 3. The number of nitrogens with one attached hydrogen (secondary N) is 6. The quantitative estimate of drug-likeness (QED) is 0.0250. The minimum absolute atomic E-state index is 0. The van der Waals surface area contributed by atoms with Crippen molar-refractivity contribution in [1.29, 1.82) is 0 Å². The molecule has 0 bridgehead atoms. The number of aromatic amines is 3. The van der Waals surface area contributed by atoms with Gasteiger partial charge in [0.2, 0.25) is 0 Å². The van der Waals surface area contributed by atoms with Crippen LogP contribution in [0.2, 0.25) is 0 Å². The van der Waals surface area contributed by atoms with Gasteiger partial charge in [0.15, 0.2) is 46.5 Å². The molecule has 0 saturated heterocycles. The fraction of sp³-hybridized carbons (Fsp3) is 0.250. The third kappa shape index (κ3) is 17.8. The molecule has 3 amide bonds. The number of aryl methyl sites for hydroxylation is 1. The third-order valence-corrected chi connectivity index (χ3v) is 24.0. The molecule has 29 heteroatoms. The van der Waals surface area contributed by atoms with E-state index in [0.717, 1.165) is 22.3 Å². The molecule has 0 radical (unpaired) electrons. The zero-order valence-electron chi connectivity index (χ0n) is 58.6. The molecule has 3 atom stereocenters. The van der Waals surface area contributed by atoms with Crippen molar-refractivity contribution in [1.82, 2.24) is 60.8 Å². The van der Waals surface area contributed by atoms with Crippen LogP contribution in [0.5, 0.6) is 0 Å². The Bertz CT molecular complexity index is 5240. The highest BCUT2D eigenvalue weighted by atomic mass is 32.2. The molecular weight excluding hydrogens is 1400 g/mol. The van der Waals surface area contributed by atoms with Crippen molar-refractivity contribution in [2.24, 2.45) is 0 Å². The molecule has 0 aliphatic rings. The van der Waals surface area contributed by atoms with Crippen LogP contribution in [-0.2, 0) is 29.5 Å². The highest BCUT2D eigenvalue weighted by Crippen LogP contribution is 2.31. The number of carbonyl (C=O) groups is 3. The van der Waals surface area contributed by atoms with Crippen molar-refractivity contribution in [3.8, 4) is 33.8 Å². The monoisotopic (exact) mass is 1490 g/mol. The van der Waals surface area contributed by atoms with Gasteiger partial charge in [0.05, 0.1) is 101 Å². The molecule has 6 aromatic carbocycles. The van der Waals surface area contributed by atoms with E-state index in [-0.39, 0.29) is 69.7 Å². The first-order valence-corrected chi connectivity index (χ1v) is 38.3. The van der Waals surface area contributed by atoms with Gasteiger partial charge in [-0.3, -0.25) is 14.4 Å². The summed E-state index contributed by atoms with van der Waals surface area (Å²) in [5.74, 6) is -1.07. The molecule has 0 fully saturated rings. The molecule has 3 unspecified atom stereocenters. The third-order valence-electron chi connectivity index (χ3n) is 17.5. The molecule has 12 rings (SSSR count). The fourth-order valence-electron chi connectivity index (χ4n) is 11.2. The van der Waals surface area contributed by atoms with E-state index in [1.165, 1.54) is 6.20 Å². The lowest BCUT2D eigenvalue weighted by Crippen LogP contribution is -2.29. The van der Waals surface area contributed by atoms with Crippen molar-refractivity contribution in [2.45, 2.75) is 116 Å². The minimum Gasteiger partial charge on any atom is -0.399 e. The summed E-state index contributed by atoms with van der Waals surface area (Å²) in [5, 5.41) is 35.8. The average Bonchev–Trinajstić information content (AvgIpc) is 1.51. The zero-order valence-corrected chi connectivity index (χ0v) is 61.1. The number of rotatable bonds is 24. The highest BCUT2D eigenvalue weighted by Gasteiger charge is 2.27. The van der Waals surface area contributed by atoms with E-state index in [0.29, 0.717) is 115 Å². The van der Waals surface area contributed by atoms with Gasteiger partial charge in [-0.15, -0.1) is 0 Å². The summed E-state index contributed by atoms with van der Waals surface area (Å²) >= 11 is 0. The number of benzene rings is 6. The number of H-pyrrole nitrogens is 3. The van der Waals surface area contributed by atoms with Gasteiger partial charge in [0, 0.05) is 77.9 Å². The van der Waals surface area contributed by atoms with Gasteiger partial charge in [-0.05, 0) is 145 Å². The second-order valence-electron chi connectivity index (χ2n) is 25.7. The van der Waals surface area contributed by atoms with Crippen LogP contribution in [0.3, 0.4) is 0 Å². The van der Waals surface area contributed by atoms with Crippen LogP contribution in [0, 0.1) is 6.92 Å². The predicted octanol–water partition coefficient (Wildman–Crippen LogP) is 12.4. The van der Waals surface area contributed by atoms with E-state index in [1.807, 2.05) is 49.4 Å². The Hall–Kier alpha value is -11.1. The maximum Gasteiger partial charge on any atom is 0.255 e. The maximum atomic E-state index is 13.2. The zero-order chi connectivity index (χ0) is 75.5. The van der Waals surface area contributed by atoms with Crippen molar-refractivity contribution in [3.05, 3.63) is 222 Å². The molecule has 13 N–H and O–H groups in total. The van der Waals surface area contributed by atoms with Gasteiger partial charge in [-0.1, -0.05) is 90.5 Å². The van der Waals surface area contributed by atoms with Gasteiger partial charge in [-0.2, -0.15) is 0 Å². The van der Waals surface area contributed by atoms with E-state index >= 15 is 0 Å². The van der Waals surface area contributed by atoms with Crippen LogP contribution in [0.4, 0.5) is 11.4 Å². The second kappa shape index (κ2) is 33.1. The summed E-state index contributed by atoms with van der Waals surface area (Å²) in [6.45, 7) is 11.5. The van der Waals surface area contributed by atoms with Crippen LogP contribution >= 0.6 is 0 Å². The van der Waals surface area contributed by atoms with E-state index in [1.54, 1.807) is 176 Å². The predicted molar refractivity (Wildman–Crippen MR) is 420 cm³/mol. The topological polar surface area (TPSA) is 427 Å². The molecular formula is C76H98N14O12S3. The molecule has 12 aromatic rings. The molecule has 26 nitrogen and oxygen atoms in total. The first-order chi connectivity index (χ1) is 50.1. The maximum absolute atomic E-state index is 13.2. The van der Waals surface area contributed by atoms with Crippen LogP contribution in [0.25, 0.3) is 67.3 Å². The number of nitrogens with zero attached hydrogens (tertiary/aromatic N) is 6. The minimum atomic E-state index is -3.38. The lowest BCUT2D eigenvalue weighted by atomic mass is 10.0. The van der Waals surface area contributed by atoms with Crippen LogP contribution in [0.15, 0.2) is 197 Å². The number of hydrogen-bond acceptors (Lipinski definition) is 20. The van der Waals surface area contributed by atoms with Gasteiger partial charge in [0.25, 0.3) is 17.7 Å². The van der Waals surface area contributed by atoms with E-state index < -0.39 is 57.3 Å². The van der Waals surface area contributed by atoms with Crippen LogP contribution < -0.4 is 27.4 Å². The van der Waals surface area contributed by atoms with Gasteiger partial charge in [-0.25, -0.2) is 55.2 Å². The van der Waals surface area contributed by atoms with Crippen LogP contribution in [-0.4, -0.2) is 139 Å². The Morgan fingerprint density at radius 2 is 0.724 bits per heavy atom. The number of anilines is 2. The molecule has 0 aliphatic carbocycles. The number of nitrogen functional groups attached to an aromatic ring is 2. The van der Waals surface area contributed by atoms with E-state index in [2.05, 4.69) is 60.8 Å². The molecule has 0 saturated carbocycles. The number of carbonyl (C=O) groups excluding carboxylic acids is 3. The second-order valence-corrected chi connectivity index (χ2v) is 33.2. The van der Waals surface area contributed by atoms with Crippen molar-refractivity contribution < 1.29 is 66.4 Å². The summed E-state index contributed by atoms with van der Waals surface area (Å²) in [7, 11) is -10.1. The molecule has 562 valence electrons. The van der Waals surface area contributed by atoms with E-state index in [9.17, 15) is 55.0 Å².